The number of fused-ring (bicyclic) bond motifs is 2. The maximum Gasteiger partial charge on any atom is 0.347 e. The lowest BCUT2D eigenvalue weighted by atomic mass is 10.1. The Labute approximate surface area is 184 Å². The van der Waals surface area contributed by atoms with E-state index in [9.17, 15) is 13.2 Å². The van der Waals surface area contributed by atoms with Gasteiger partial charge in [-0.2, -0.15) is 0 Å². The Morgan fingerprint density at radius 3 is 2.25 bits per heavy atom. The minimum atomic E-state index is -3.84. The quantitative estimate of drug-likeness (QED) is 0.390. The smallest absolute Gasteiger partial charge is 0.347 e. The summed E-state index contributed by atoms with van der Waals surface area (Å²) in [5.41, 5.74) is 1.54. The zero-order valence-electron chi connectivity index (χ0n) is 17.1. The van der Waals surface area contributed by atoms with Crippen LogP contribution in [0.2, 0.25) is 0 Å². The summed E-state index contributed by atoms with van der Waals surface area (Å²) < 4.78 is 33.9. The molecule has 1 heterocycles. The van der Waals surface area contributed by atoms with Crippen LogP contribution in [0, 0.1) is 6.92 Å². The molecule has 0 fully saturated rings. The van der Waals surface area contributed by atoms with E-state index in [0.29, 0.717) is 16.5 Å². The van der Waals surface area contributed by atoms with Gasteiger partial charge in [0, 0.05) is 0 Å². The van der Waals surface area contributed by atoms with Crippen molar-refractivity contribution in [2.75, 3.05) is 4.72 Å². The van der Waals surface area contributed by atoms with Crippen LogP contribution < -0.4 is 10.3 Å². The summed E-state index contributed by atoms with van der Waals surface area (Å²) >= 11 is 0. The van der Waals surface area contributed by atoms with E-state index in [4.69, 9.17) is 4.42 Å². The van der Waals surface area contributed by atoms with Gasteiger partial charge in [-0.25, -0.2) is 18.2 Å². The molecule has 6 nitrogen and oxygen atoms in total. The van der Waals surface area contributed by atoms with Crippen molar-refractivity contribution in [1.82, 2.24) is 4.98 Å². The van der Waals surface area contributed by atoms with Crippen LogP contribution in [0.25, 0.3) is 33.1 Å². The number of nitrogens with zero attached hydrogens (tertiary/aromatic N) is 1. The van der Waals surface area contributed by atoms with Crippen molar-refractivity contribution in [3.05, 3.63) is 101 Å². The molecule has 0 aliphatic carbocycles. The first kappa shape index (κ1) is 20.0. The Kier molecular flexibility index (Phi) is 4.75. The number of benzene rings is 4. The van der Waals surface area contributed by atoms with Crippen molar-refractivity contribution in [3.63, 3.8) is 0 Å². The SMILES string of the molecule is Cc1ccc(S(=O)(=O)Nc2ccccc2-c2nc3cc4ccccc4cc3c(=O)o2)cc1. The molecular formula is C25H18N2O4S. The molecule has 0 saturated carbocycles. The average molecular weight is 442 g/mol. The van der Waals surface area contributed by atoms with Gasteiger partial charge < -0.3 is 4.42 Å². The summed E-state index contributed by atoms with van der Waals surface area (Å²) in [5, 5.41) is 2.22. The highest BCUT2D eigenvalue weighted by atomic mass is 32.2. The summed E-state index contributed by atoms with van der Waals surface area (Å²) in [7, 11) is -3.84. The molecule has 0 saturated heterocycles. The van der Waals surface area contributed by atoms with Crippen molar-refractivity contribution in [2.45, 2.75) is 11.8 Å². The number of sulfonamides is 1. The molecule has 1 N–H and O–H groups in total. The average Bonchev–Trinajstić information content (AvgIpc) is 2.78. The third kappa shape index (κ3) is 3.63. The van der Waals surface area contributed by atoms with Crippen molar-refractivity contribution >= 4 is 37.4 Å². The Hall–Kier alpha value is -3.97. The van der Waals surface area contributed by atoms with Crippen LogP contribution in [0.3, 0.4) is 0 Å². The molecule has 0 bridgehead atoms. The van der Waals surface area contributed by atoms with E-state index in [1.165, 1.54) is 0 Å². The van der Waals surface area contributed by atoms with E-state index in [2.05, 4.69) is 9.71 Å². The Morgan fingerprint density at radius 1 is 0.844 bits per heavy atom. The first-order valence-electron chi connectivity index (χ1n) is 9.93. The van der Waals surface area contributed by atoms with Gasteiger partial charge in [0.25, 0.3) is 10.0 Å². The van der Waals surface area contributed by atoms with E-state index in [-0.39, 0.29) is 16.5 Å². The number of anilines is 1. The zero-order chi connectivity index (χ0) is 22.3. The van der Waals surface area contributed by atoms with Gasteiger partial charge in [0.1, 0.15) is 0 Å². The maximum absolute atomic E-state index is 12.9. The van der Waals surface area contributed by atoms with E-state index in [1.807, 2.05) is 37.3 Å². The lowest BCUT2D eigenvalue weighted by molar-refractivity contribution is 0.518. The van der Waals surface area contributed by atoms with E-state index >= 15 is 0 Å². The molecule has 4 aromatic carbocycles. The van der Waals surface area contributed by atoms with Gasteiger partial charge in [-0.1, -0.05) is 54.1 Å². The maximum atomic E-state index is 12.9. The molecule has 5 aromatic rings. The highest BCUT2D eigenvalue weighted by Crippen LogP contribution is 2.29. The first-order chi connectivity index (χ1) is 15.4. The van der Waals surface area contributed by atoms with Gasteiger partial charge in [-0.05, 0) is 54.1 Å². The molecule has 0 aliphatic rings. The van der Waals surface area contributed by atoms with Gasteiger partial charge in [0.2, 0.25) is 5.89 Å². The fourth-order valence-electron chi connectivity index (χ4n) is 3.55. The van der Waals surface area contributed by atoms with Crippen LogP contribution in [0.5, 0.6) is 0 Å². The van der Waals surface area contributed by atoms with Gasteiger partial charge in [-0.3, -0.25) is 4.72 Å². The third-order valence-corrected chi connectivity index (χ3v) is 6.61. The summed E-state index contributed by atoms with van der Waals surface area (Å²) in [4.78, 5) is 17.4. The molecule has 0 atom stereocenters. The number of hydrogen-bond acceptors (Lipinski definition) is 5. The van der Waals surface area contributed by atoms with Crippen LogP contribution in [-0.4, -0.2) is 13.4 Å². The number of hydrogen-bond donors (Lipinski definition) is 1. The van der Waals surface area contributed by atoms with Gasteiger partial charge in [-0.15, -0.1) is 0 Å². The molecule has 0 aliphatic heterocycles. The molecule has 0 unspecified atom stereocenters. The fourth-order valence-corrected chi connectivity index (χ4v) is 4.63. The molecule has 5 rings (SSSR count). The van der Waals surface area contributed by atoms with Crippen molar-refractivity contribution in [3.8, 4) is 11.5 Å². The molecule has 0 spiro atoms. The number of para-hydroxylation sites is 1. The molecule has 0 radical (unpaired) electrons. The minimum Gasteiger partial charge on any atom is -0.403 e. The highest BCUT2D eigenvalue weighted by Gasteiger charge is 2.19. The second-order valence-electron chi connectivity index (χ2n) is 7.49. The summed E-state index contributed by atoms with van der Waals surface area (Å²) in [5.74, 6) is 0.0417. The lowest BCUT2D eigenvalue weighted by Crippen LogP contribution is -2.14. The van der Waals surface area contributed by atoms with Gasteiger partial charge >= 0.3 is 5.63 Å². The number of nitrogens with one attached hydrogen (secondary N) is 1. The topological polar surface area (TPSA) is 89.3 Å². The third-order valence-electron chi connectivity index (χ3n) is 5.23. The Morgan fingerprint density at radius 2 is 1.50 bits per heavy atom. The number of aromatic nitrogens is 1. The fraction of sp³-hybridized carbons (Fsp3) is 0.0400. The van der Waals surface area contributed by atoms with Gasteiger partial charge in [0.05, 0.1) is 27.0 Å². The largest absolute Gasteiger partial charge is 0.403 e. The summed E-state index contributed by atoms with van der Waals surface area (Å²) in [6, 6.07) is 24.5. The zero-order valence-corrected chi connectivity index (χ0v) is 17.9. The standard InChI is InChI=1S/C25H18N2O4S/c1-16-10-12-19(13-11-16)32(29,30)27-22-9-5-4-8-20(22)24-26-23-15-18-7-3-2-6-17(18)14-21(23)25(28)31-24/h2-15,27H,1H3. The predicted octanol–water partition coefficient (Wildman–Crippen LogP) is 5.12. The monoisotopic (exact) mass is 442 g/mol. The second kappa shape index (κ2) is 7.62. The summed E-state index contributed by atoms with van der Waals surface area (Å²) in [6.07, 6.45) is 0. The van der Waals surface area contributed by atoms with Crippen LogP contribution in [-0.2, 0) is 10.0 Å². The van der Waals surface area contributed by atoms with Crippen LogP contribution in [0.4, 0.5) is 5.69 Å². The lowest BCUT2D eigenvalue weighted by Gasteiger charge is -2.12. The van der Waals surface area contributed by atoms with E-state index in [0.717, 1.165) is 16.3 Å². The van der Waals surface area contributed by atoms with Crippen LogP contribution in [0.1, 0.15) is 5.56 Å². The molecule has 7 heteroatoms. The Balaban J connectivity index is 1.62. The van der Waals surface area contributed by atoms with Crippen LogP contribution >= 0.6 is 0 Å². The van der Waals surface area contributed by atoms with Crippen molar-refractivity contribution < 1.29 is 12.8 Å². The Bertz CT molecular complexity index is 1640. The minimum absolute atomic E-state index is 0.0417. The number of aryl methyl sites for hydroxylation is 1. The molecule has 158 valence electrons. The first-order valence-corrected chi connectivity index (χ1v) is 11.4. The molecule has 32 heavy (non-hydrogen) atoms. The summed E-state index contributed by atoms with van der Waals surface area (Å²) in [6.45, 7) is 1.88. The molecule has 1 aromatic heterocycles. The number of rotatable bonds is 4. The van der Waals surface area contributed by atoms with E-state index < -0.39 is 15.6 Å². The normalized spacial score (nSPS) is 11.7. The molecule has 0 amide bonds. The highest BCUT2D eigenvalue weighted by molar-refractivity contribution is 7.92. The molecular weight excluding hydrogens is 424 g/mol. The second-order valence-corrected chi connectivity index (χ2v) is 9.17. The van der Waals surface area contributed by atoms with Crippen molar-refractivity contribution in [2.24, 2.45) is 0 Å². The van der Waals surface area contributed by atoms with E-state index in [1.54, 1.807) is 54.6 Å². The van der Waals surface area contributed by atoms with Crippen molar-refractivity contribution in [1.29, 1.82) is 0 Å². The van der Waals surface area contributed by atoms with Gasteiger partial charge in [0.15, 0.2) is 0 Å². The predicted molar refractivity (Wildman–Crippen MR) is 125 cm³/mol. The van der Waals surface area contributed by atoms with Crippen LogP contribution in [0.15, 0.2) is 99.0 Å².